The van der Waals surface area contributed by atoms with E-state index in [1.165, 1.54) is 0 Å². The minimum atomic E-state index is -4.64. The largest absolute Gasteiger partial charge is 0.416 e. The number of benzene rings is 1. The number of nitrogens with one attached hydrogen (secondary N) is 1. The van der Waals surface area contributed by atoms with Crippen LogP contribution in [0.4, 0.5) is 19.0 Å². The van der Waals surface area contributed by atoms with Crippen LogP contribution >= 0.6 is 23.2 Å². The van der Waals surface area contributed by atoms with Crippen molar-refractivity contribution in [2.45, 2.75) is 37.3 Å². The lowest BCUT2D eigenvalue weighted by Crippen LogP contribution is -2.36. The molecule has 2 aromatic rings. The van der Waals surface area contributed by atoms with Crippen LogP contribution in [0.25, 0.3) is 5.69 Å². The van der Waals surface area contributed by atoms with Crippen LogP contribution in [-0.2, 0) is 16.4 Å². The highest BCUT2D eigenvalue weighted by atomic mass is 35.5. The summed E-state index contributed by atoms with van der Waals surface area (Å²) in [5, 5.41) is 15.9. The Balaban J connectivity index is 1.77. The average Bonchev–Trinajstić information content (AvgIpc) is 3.58. The molecule has 0 spiro atoms. The van der Waals surface area contributed by atoms with Crippen LogP contribution in [-0.4, -0.2) is 22.2 Å². The van der Waals surface area contributed by atoms with Crippen molar-refractivity contribution in [3.63, 3.8) is 0 Å². The summed E-state index contributed by atoms with van der Waals surface area (Å²) in [6.07, 6.45) is -1.52. The molecule has 1 heterocycles. The molecule has 0 bridgehead atoms. The molecule has 2 aliphatic rings. The number of nitrogens with zero attached hydrogens (tertiary/aromatic N) is 3. The number of carbonyl (C=O) groups is 1. The number of aromatic nitrogens is 2. The summed E-state index contributed by atoms with van der Waals surface area (Å²) in [7, 11) is 0. The zero-order valence-corrected chi connectivity index (χ0v) is 17.0. The first-order valence-electron chi connectivity index (χ1n) is 9.22. The molecule has 3 N–H and O–H groups in total. The number of rotatable bonds is 5. The minimum Gasteiger partial charge on any atom is -0.383 e. The van der Waals surface area contributed by atoms with Crippen molar-refractivity contribution in [1.29, 1.82) is 5.26 Å². The fourth-order valence-electron chi connectivity index (χ4n) is 3.53. The number of nitriles is 1. The Kier molecular flexibility index (Phi) is 4.90. The molecule has 2 saturated carbocycles. The van der Waals surface area contributed by atoms with Gasteiger partial charge in [0.1, 0.15) is 17.6 Å². The van der Waals surface area contributed by atoms with Crippen LogP contribution < -0.4 is 11.1 Å². The van der Waals surface area contributed by atoms with Crippen LogP contribution in [0.1, 0.15) is 42.5 Å². The molecule has 1 amide bonds. The van der Waals surface area contributed by atoms with Gasteiger partial charge in [0.2, 0.25) is 5.91 Å². The standard InChI is InChI=1S/C19H16Cl2F3N5O/c20-11-5-10(19(22,23)24)6-12(21)15(11)29-16(26)14(13(7-25)28-29)18(3-4-18)17(30)27-8-9-1-2-9/h5-6,9H,1-4,8,26H2,(H,27,30). The Hall–Kier alpha value is -2.44. The first-order valence-corrected chi connectivity index (χ1v) is 9.98. The van der Waals surface area contributed by atoms with Crippen LogP contribution in [0.5, 0.6) is 0 Å². The molecule has 11 heteroatoms. The van der Waals surface area contributed by atoms with E-state index in [1.807, 2.05) is 6.07 Å². The van der Waals surface area contributed by atoms with Gasteiger partial charge < -0.3 is 11.1 Å². The van der Waals surface area contributed by atoms with Crippen molar-refractivity contribution in [3.8, 4) is 11.8 Å². The summed E-state index contributed by atoms with van der Waals surface area (Å²) in [5.41, 5.74) is 4.32. The molecule has 0 radical (unpaired) electrons. The molecule has 0 aliphatic heterocycles. The van der Waals surface area contributed by atoms with Crippen molar-refractivity contribution >= 4 is 34.9 Å². The van der Waals surface area contributed by atoms with E-state index in [1.54, 1.807) is 0 Å². The smallest absolute Gasteiger partial charge is 0.383 e. The lowest BCUT2D eigenvalue weighted by molar-refractivity contribution is -0.137. The summed E-state index contributed by atoms with van der Waals surface area (Å²) in [6.45, 7) is 0.563. The van der Waals surface area contributed by atoms with E-state index in [0.29, 0.717) is 37.4 Å². The molecule has 0 saturated heterocycles. The molecule has 158 valence electrons. The maximum absolute atomic E-state index is 13.0. The van der Waals surface area contributed by atoms with Gasteiger partial charge in [0, 0.05) is 12.1 Å². The number of amides is 1. The highest BCUT2D eigenvalue weighted by Gasteiger charge is 2.55. The molecule has 2 fully saturated rings. The molecule has 0 unspecified atom stereocenters. The monoisotopic (exact) mass is 457 g/mol. The molecular formula is C19H16Cl2F3N5O. The highest BCUT2D eigenvalue weighted by Crippen LogP contribution is 2.52. The van der Waals surface area contributed by atoms with Crippen molar-refractivity contribution in [1.82, 2.24) is 15.1 Å². The number of halogens is 5. The number of nitrogens with two attached hydrogens (primary N) is 1. The minimum absolute atomic E-state index is 0.0471. The number of anilines is 1. The van der Waals surface area contributed by atoms with Gasteiger partial charge in [0.15, 0.2) is 5.69 Å². The molecule has 30 heavy (non-hydrogen) atoms. The topological polar surface area (TPSA) is 96.7 Å². The third-order valence-electron chi connectivity index (χ3n) is 5.49. The van der Waals surface area contributed by atoms with E-state index in [-0.39, 0.29) is 38.7 Å². The van der Waals surface area contributed by atoms with Gasteiger partial charge in [0.05, 0.1) is 21.0 Å². The molecular weight excluding hydrogens is 442 g/mol. The van der Waals surface area contributed by atoms with Gasteiger partial charge in [-0.2, -0.15) is 23.5 Å². The number of carbonyl (C=O) groups excluding carboxylic acids is 1. The maximum atomic E-state index is 13.0. The quantitative estimate of drug-likeness (QED) is 0.702. The zero-order chi connectivity index (χ0) is 21.8. The second-order valence-electron chi connectivity index (χ2n) is 7.65. The van der Waals surface area contributed by atoms with E-state index in [9.17, 15) is 23.2 Å². The number of alkyl halides is 3. The van der Waals surface area contributed by atoms with Gasteiger partial charge in [-0.25, -0.2) is 4.68 Å². The summed E-state index contributed by atoms with van der Waals surface area (Å²) in [6, 6.07) is 3.35. The Morgan fingerprint density at radius 2 is 1.93 bits per heavy atom. The van der Waals surface area contributed by atoms with Crippen LogP contribution in [0, 0.1) is 17.2 Å². The highest BCUT2D eigenvalue weighted by molar-refractivity contribution is 6.38. The summed E-state index contributed by atoms with van der Waals surface area (Å²) < 4.78 is 40.1. The average molecular weight is 458 g/mol. The van der Waals surface area contributed by atoms with Crippen molar-refractivity contribution < 1.29 is 18.0 Å². The van der Waals surface area contributed by atoms with E-state index in [2.05, 4.69) is 10.4 Å². The van der Waals surface area contributed by atoms with Crippen LogP contribution in [0.2, 0.25) is 10.0 Å². The molecule has 0 atom stereocenters. The normalized spacial score (nSPS) is 17.5. The first kappa shape index (κ1) is 20.8. The fourth-order valence-corrected chi connectivity index (χ4v) is 4.17. The molecule has 6 nitrogen and oxygen atoms in total. The van der Waals surface area contributed by atoms with E-state index in [0.717, 1.165) is 17.5 Å². The summed E-state index contributed by atoms with van der Waals surface area (Å²) in [5.74, 6) is 0.195. The van der Waals surface area contributed by atoms with E-state index >= 15 is 0 Å². The van der Waals surface area contributed by atoms with Gasteiger partial charge in [-0.3, -0.25) is 4.79 Å². The van der Waals surface area contributed by atoms with E-state index in [4.69, 9.17) is 28.9 Å². The summed E-state index contributed by atoms with van der Waals surface area (Å²) >= 11 is 12.1. The van der Waals surface area contributed by atoms with Crippen molar-refractivity contribution in [2.75, 3.05) is 12.3 Å². The summed E-state index contributed by atoms with van der Waals surface area (Å²) in [4.78, 5) is 12.8. The lowest BCUT2D eigenvalue weighted by Gasteiger charge is -2.16. The molecule has 1 aromatic heterocycles. The number of nitrogen functional groups attached to an aromatic ring is 1. The van der Waals surface area contributed by atoms with Gasteiger partial charge in [-0.1, -0.05) is 23.2 Å². The van der Waals surface area contributed by atoms with Crippen molar-refractivity contribution in [2.24, 2.45) is 5.92 Å². The van der Waals surface area contributed by atoms with Gasteiger partial charge >= 0.3 is 6.18 Å². The predicted molar refractivity (Wildman–Crippen MR) is 104 cm³/mol. The maximum Gasteiger partial charge on any atom is 0.416 e. The van der Waals surface area contributed by atoms with Gasteiger partial charge in [0.25, 0.3) is 0 Å². The lowest BCUT2D eigenvalue weighted by atomic mass is 9.94. The Bertz CT molecular complexity index is 1060. The first-order chi connectivity index (χ1) is 14.1. The Morgan fingerprint density at radius 1 is 1.33 bits per heavy atom. The molecule has 2 aliphatic carbocycles. The van der Waals surface area contributed by atoms with Crippen LogP contribution in [0.15, 0.2) is 12.1 Å². The molecule has 4 rings (SSSR count). The SMILES string of the molecule is N#Cc1nn(-c2c(Cl)cc(C(F)(F)F)cc2Cl)c(N)c1C1(C(=O)NCC2CC2)CC1. The third kappa shape index (κ3) is 3.48. The predicted octanol–water partition coefficient (Wildman–Crippen LogP) is 4.21. The van der Waals surface area contributed by atoms with Gasteiger partial charge in [-0.05, 0) is 43.7 Å². The Morgan fingerprint density at radius 3 is 2.40 bits per heavy atom. The number of hydrogen-bond donors (Lipinski definition) is 2. The second kappa shape index (κ2) is 7.06. The third-order valence-corrected chi connectivity index (χ3v) is 6.07. The van der Waals surface area contributed by atoms with E-state index < -0.39 is 17.2 Å². The fraction of sp³-hybridized carbons (Fsp3) is 0.421. The zero-order valence-electron chi connectivity index (χ0n) is 15.5. The number of hydrogen-bond acceptors (Lipinski definition) is 4. The Labute approximate surface area is 179 Å². The van der Waals surface area contributed by atoms with Gasteiger partial charge in [-0.15, -0.1) is 0 Å². The van der Waals surface area contributed by atoms with Crippen molar-refractivity contribution in [3.05, 3.63) is 39.0 Å². The molecule has 1 aromatic carbocycles. The second-order valence-corrected chi connectivity index (χ2v) is 8.47. The van der Waals surface area contributed by atoms with Crippen LogP contribution in [0.3, 0.4) is 0 Å².